The molecular weight excluding hydrogens is 304 g/mol. The topological polar surface area (TPSA) is 42.7 Å². The van der Waals surface area contributed by atoms with Gasteiger partial charge >= 0.3 is 0 Å². The molecule has 4 nitrogen and oxygen atoms in total. The highest BCUT2D eigenvalue weighted by Crippen LogP contribution is 2.18. The molecule has 0 aromatic carbocycles. The molecule has 0 radical (unpaired) electrons. The van der Waals surface area contributed by atoms with Crippen molar-refractivity contribution in [2.75, 3.05) is 6.54 Å². The van der Waals surface area contributed by atoms with Crippen LogP contribution in [0.4, 0.5) is 0 Å². The Bertz CT molecular complexity index is 506. The van der Waals surface area contributed by atoms with Crippen LogP contribution in [0.15, 0.2) is 35.1 Å². The Balaban J connectivity index is 2.14. The Labute approximate surface area is 122 Å². The molecule has 1 unspecified atom stereocenters. The van der Waals surface area contributed by atoms with Crippen molar-refractivity contribution >= 4 is 15.9 Å². The van der Waals surface area contributed by atoms with E-state index >= 15 is 0 Å². The zero-order valence-electron chi connectivity index (χ0n) is 11.3. The monoisotopic (exact) mass is 322 g/mol. The Morgan fingerprint density at radius 3 is 2.79 bits per heavy atom. The Morgan fingerprint density at radius 1 is 1.37 bits per heavy atom. The normalized spacial score (nSPS) is 12.6. The zero-order valence-corrected chi connectivity index (χ0v) is 12.9. The standard InChI is InChI=1S/C14H19BrN4/c1-3-7-16-13(14-6-8-18-19(14)2)9-12-5-4-11(15)10-17-12/h4-6,8,10,13,16H,3,7,9H2,1-2H3. The SMILES string of the molecule is CCCNC(Cc1ccc(Br)cn1)c1ccnn1C. The molecule has 2 rings (SSSR count). The van der Waals surface area contributed by atoms with Crippen molar-refractivity contribution in [2.24, 2.45) is 7.05 Å². The van der Waals surface area contributed by atoms with Crippen molar-refractivity contribution in [1.82, 2.24) is 20.1 Å². The molecule has 0 aliphatic rings. The minimum Gasteiger partial charge on any atom is -0.308 e. The van der Waals surface area contributed by atoms with Gasteiger partial charge in [-0.25, -0.2) is 0 Å². The van der Waals surface area contributed by atoms with Crippen LogP contribution in [0.5, 0.6) is 0 Å². The molecule has 0 saturated heterocycles. The summed E-state index contributed by atoms with van der Waals surface area (Å²) in [5.74, 6) is 0. The lowest BCUT2D eigenvalue weighted by Gasteiger charge is -2.18. The lowest BCUT2D eigenvalue weighted by Crippen LogP contribution is -2.26. The molecular formula is C14H19BrN4. The van der Waals surface area contributed by atoms with Crippen molar-refractivity contribution in [3.05, 3.63) is 46.5 Å². The molecule has 0 spiro atoms. The summed E-state index contributed by atoms with van der Waals surface area (Å²) in [5.41, 5.74) is 2.27. The van der Waals surface area contributed by atoms with Crippen molar-refractivity contribution in [1.29, 1.82) is 0 Å². The van der Waals surface area contributed by atoms with E-state index in [9.17, 15) is 0 Å². The fourth-order valence-electron chi connectivity index (χ4n) is 2.06. The second-order valence-electron chi connectivity index (χ2n) is 4.56. The number of halogens is 1. The fourth-order valence-corrected chi connectivity index (χ4v) is 2.30. The summed E-state index contributed by atoms with van der Waals surface area (Å²) >= 11 is 3.41. The molecule has 2 aromatic heterocycles. The Hall–Kier alpha value is -1.20. The molecule has 5 heteroatoms. The number of hydrogen-bond acceptors (Lipinski definition) is 3. The van der Waals surface area contributed by atoms with Gasteiger partial charge in [-0.15, -0.1) is 0 Å². The first-order valence-electron chi connectivity index (χ1n) is 6.52. The third-order valence-electron chi connectivity index (χ3n) is 3.06. The molecule has 2 heterocycles. The van der Waals surface area contributed by atoms with Crippen molar-refractivity contribution in [3.8, 4) is 0 Å². The van der Waals surface area contributed by atoms with Crippen LogP contribution >= 0.6 is 15.9 Å². The first-order valence-corrected chi connectivity index (χ1v) is 7.31. The van der Waals surface area contributed by atoms with Crippen LogP contribution in [0, 0.1) is 0 Å². The van der Waals surface area contributed by atoms with E-state index < -0.39 is 0 Å². The van der Waals surface area contributed by atoms with E-state index in [1.807, 2.05) is 30.2 Å². The average molecular weight is 323 g/mol. The molecule has 1 atom stereocenters. The second-order valence-corrected chi connectivity index (χ2v) is 5.47. The van der Waals surface area contributed by atoms with Crippen LogP contribution in [-0.4, -0.2) is 21.3 Å². The molecule has 0 amide bonds. The van der Waals surface area contributed by atoms with Gasteiger partial charge < -0.3 is 5.32 Å². The quantitative estimate of drug-likeness (QED) is 0.889. The van der Waals surface area contributed by atoms with Crippen LogP contribution < -0.4 is 5.32 Å². The van der Waals surface area contributed by atoms with Crippen LogP contribution in [-0.2, 0) is 13.5 Å². The van der Waals surface area contributed by atoms with E-state index in [0.29, 0.717) is 0 Å². The minimum absolute atomic E-state index is 0.251. The summed E-state index contributed by atoms with van der Waals surface area (Å²) in [7, 11) is 1.98. The molecule has 1 N–H and O–H groups in total. The van der Waals surface area contributed by atoms with E-state index in [4.69, 9.17) is 0 Å². The Kier molecular flexibility index (Phi) is 5.10. The predicted molar refractivity (Wildman–Crippen MR) is 79.9 cm³/mol. The lowest BCUT2D eigenvalue weighted by molar-refractivity contribution is 0.489. The van der Waals surface area contributed by atoms with Crippen molar-refractivity contribution in [2.45, 2.75) is 25.8 Å². The maximum atomic E-state index is 4.45. The number of pyridine rings is 1. The molecule has 102 valence electrons. The maximum Gasteiger partial charge on any atom is 0.0554 e. The third kappa shape index (κ3) is 3.88. The minimum atomic E-state index is 0.251. The molecule has 0 fully saturated rings. The van der Waals surface area contributed by atoms with Gasteiger partial charge in [0, 0.05) is 36.0 Å². The second kappa shape index (κ2) is 6.82. The predicted octanol–water partition coefficient (Wildman–Crippen LogP) is 2.86. The van der Waals surface area contributed by atoms with Gasteiger partial charge in [0.25, 0.3) is 0 Å². The van der Waals surface area contributed by atoms with Gasteiger partial charge in [-0.3, -0.25) is 9.67 Å². The molecule has 19 heavy (non-hydrogen) atoms. The van der Waals surface area contributed by atoms with Crippen LogP contribution in [0.1, 0.15) is 30.8 Å². The van der Waals surface area contributed by atoms with Gasteiger partial charge in [0.1, 0.15) is 0 Å². The van der Waals surface area contributed by atoms with E-state index in [2.05, 4.69) is 50.4 Å². The molecule has 0 aliphatic carbocycles. The smallest absolute Gasteiger partial charge is 0.0554 e. The zero-order chi connectivity index (χ0) is 13.7. The van der Waals surface area contributed by atoms with Crippen molar-refractivity contribution in [3.63, 3.8) is 0 Å². The first-order chi connectivity index (χ1) is 9.20. The van der Waals surface area contributed by atoms with Gasteiger partial charge in [-0.05, 0) is 47.1 Å². The highest BCUT2D eigenvalue weighted by atomic mass is 79.9. The number of aromatic nitrogens is 3. The van der Waals surface area contributed by atoms with Gasteiger partial charge in [-0.1, -0.05) is 6.92 Å². The first kappa shape index (κ1) is 14.2. The van der Waals surface area contributed by atoms with Gasteiger partial charge in [0.2, 0.25) is 0 Å². The molecule has 0 aliphatic heterocycles. The molecule has 0 bridgehead atoms. The number of nitrogens with one attached hydrogen (secondary N) is 1. The van der Waals surface area contributed by atoms with Crippen LogP contribution in [0.2, 0.25) is 0 Å². The number of rotatable bonds is 6. The summed E-state index contributed by atoms with van der Waals surface area (Å²) in [5, 5.41) is 7.81. The number of hydrogen-bond donors (Lipinski definition) is 1. The average Bonchev–Trinajstić information content (AvgIpc) is 2.83. The third-order valence-corrected chi connectivity index (χ3v) is 3.53. The number of aryl methyl sites for hydroxylation is 1. The van der Waals surface area contributed by atoms with E-state index in [-0.39, 0.29) is 6.04 Å². The molecule has 2 aromatic rings. The van der Waals surface area contributed by atoms with E-state index in [1.54, 1.807) is 0 Å². The summed E-state index contributed by atoms with van der Waals surface area (Å²) in [6, 6.07) is 6.40. The largest absolute Gasteiger partial charge is 0.308 e. The maximum absolute atomic E-state index is 4.45. The summed E-state index contributed by atoms with van der Waals surface area (Å²) < 4.78 is 2.93. The van der Waals surface area contributed by atoms with E-state index in [1.165, 1.54) is 5.69 Å². The lowest BCUT2D eigenvalue weighted by atomic mass is 10.1. The van der Waals surface area contributed by atoms with Crippen molar-refractivity contribution < 1.29 is 0 Å². The Morgan fingerprint density at radius 2 is 2.21 bits per heavy atom. The summed E-state index contributed by atoms with van der Waals surface area (Å²) in [4.78, 5) is 4.45. The highest BCUT2D eigenvalue weighted by Gasteiger charge is 2.15. The summed E-state index contributed by atoms with van der Waals surface area (Å²) in [6.45, 7) is 3.16. The molecule has 0 saturated carbocycles. The van der Waals surface area contributed by atoms with Gasteiger partial charge in [0.05, 0.1) is 11.7 Å². The van der Waals surface area contributed by atoms with E-state index in [0.717, 1.165) is 29.6 Å². The van der Waals surface area contributed by atoms with Crippen LogP contribution in [0.25, 0.3) is 0 Å². The number of nitrogens with zero attached hydrogens (tertiary/aromatic N) is 3. The fraction of sp³-hybridized carbons (Fsp3) is 0.429. The highest BCUT2D eigenvalue weighted by molar-refractivity contribution is 9.10. The van der Waals surface area contributed by atoms with Gasteiger partial charge in [0.15, 0.2) is 0 Å². The van der Waals surface area contributed by atoms with Crippen LogP contribution in [0.3, 0.4) is 0 Å². The van der Waals surface area contributed by atoms with Gasteiger partial charge in [-0.2, -0.15) is 5.10 Å². The summed E-state index contributed by atoms with van der Waals surface area (Å²) in [6.07, 6.45) is 5.66.